The molecule has 0 saturated heterocycles. The van der Waals surface area contributed by atoms with E-state index in [9.17, 15) is 9.59 Å². The Morgan fingerprint density at radius 3 is 2.55 bits per heavy atom. The number of anilines is 1. The summed E-state index contributed by atoms with van der Waals surface area (Å²) in [6.07, 6.45) is 3.73. The number of H-pyrrole nitrogens is 1. The first-order chi connectivity index (χ1) is 15.1. The second-order valence-electron chi connectivity index (χ2n) is 7.05. The van der Waals surface area contributed by atoms with Crippen molar-refractivity contribution in [1.29, 1.82) is 0 Å². The van der Waals surface area contributed by atoms with E-state index in [0.29, 0.717) is 17.9 Å². The van der Waals surface area contributed by atoms with Crippen LogP contribution in [0.3, 0.4) is 0 Å². The van der Waals surface area contributed by atoms with Crippen LogP contribution < -0.4 is 15.6 Å². The van der Waals surface area contributed by atoms with Gasteiger partial charge in [0, 0.05) is 35.9 Å². The van der Waals surface area contributed by atoms with Gasteiger partial charge in [0.1, 0.15) is 5.75 Å². The molecule has 2 heterocycles. The van der Waals surface area contributed by atoms with Gasteiger partial charge < -0.3 is 20.1 Å². The van der Waals surface area contributed by atoms with Gasteiger partial charge in [-0.3, -0.25) is 14.4 Å². The summed E-state index contributed by atoms with van der Waals surface area (Å²) in [7, 11) is 0. The quantitative estimate of drug-likeness (QED) is 0.417. The molecule has 0 spiro atoms. The number of rotatable bonds is 6. The molecule has 0 fully saturated rings. The molecule has 1 atom stereocenters. The molecule has 1 aliphatic rings. The molecule has 1 amide bonds. The number of hydrogen-bond acceptors (Lipinski definition) is 4. The third kappa shape index (κ3) is 5.82. The van der Waals surface area contributed by atoms with Crippen LogP contribution in [0.1, 0.15) is 35.4 Å². The lowest BCUT2D eigenvalue weighted by molar-refractivity contribution is -0.123. The van der Waals surface area contributed by atoms with Gasteiger partial charge in [0.15, 0.2) is 0 Å². The standard InChI is InChI=1S/C23H22N2O3.CH2O2/c26-22-15-20(19-9-4-12-24-23(19)27)18-11-10-17(14-21(18)25-22)28-13-5-8-16-6-2-1-3-7-16;2-1-3/h1-4,6-7,9-12,14,20H,5,8,13,15H2,(H,24,27)(H,25,26);1H,(H,2,3). The Morgan fingerprint density at radius 1 is 1.03 bits per heavy atom. The van der Waals surface area contributed by atoms with Gasteiger partial charge in [-0.2, -0.15) is 0 Å². The van der Waals surface area contributed by atoms with E-state index in [4.69, 9.17) is 14.6 Å². The largest absolute Gasteiger partial charge is 0.494 e. The van der Waals surface area contributed by atoms with Crippen LogP contribution in [-0.4, -0.2) is 29.1 Å². The zero-order valence-electron chi connectivity index (χ0n) is 16.9. The number of benzene rings is 2. The minimum Gasteiger partial charge on any atom is -0.494 e. The highest BCUT2D eigenvalue weighted by molar-refractivity contribution is 5.95. The SMILES string of the molecule is O=C1CC(c2ccc[nH]c2=O)c2ccc(OCCCc3ccccc3)cc2N1.O=CO. The molecule has 2 aromatic carbocycles. The molecule has 31 heavy (non-hydrogen) atoms. The molecule has 1 aliphatic heterocycles. The van der Waals surface area contributed by atoms with E-state index in [0.717, 1.165) is 24.2 Å². The van der Waals surface area contributed by atoms with E-state index in [-0.39, 0.29) is 30.3 Å². The fraction of sp³-hybridized carbons (Fsp3) is 0.208. The number of aryl methyl sites for hydroxylation is 1. The average molecular weight is 420 g/mol. The average Bonchev–Trinajstić information content (AvgIpc) is 2.77. The Bertz CT molecular complexity index is 1080. The lowest BCUT2D eigenvalue weighted by atomic mass is 9.85. The van der Waals surface area contributed by atoms with Crippen molar-refractivity contribution in [2.45, 2.75) is 25.2 Å². The molecule has 0 aliphatic carbocycles. The molecule has 0 radical (unpaired) electrons. The van der Waals surface area contributed by atoms with Gasteiger partial charge in [-0.05, 0) is 36.1 Å². The third-order valence-electron chi connectivity index (χ3n) is 5.01. The van der Waals surface area contributed by atoms with Crippen LogP contribution in [0.15, 0.2) is 71.7 Å². The Hall–Kier alpha value is -3.87. The number of carbonyl (C=O) groups excluding carboxylic acids is 1. The molecule has 1 aromatic heterocycles. The summed E-state index contributed by atoms with van der Waals surface area (Å²) in [5, 5.41) is 9.79. The maximum atomic E-state index is 12.2. The van der Waals surface area contributed by atoms with Crippen molar-refractivity contribution in [3.63, 3.8) is 0 Å². The number of hydrogen-bond donors (Lipinski definition) is 3. The van der Waals surface area contributed by atoms with Crippen molar-refractivity contribution >= 4 is 18.1 Å². The number of nitrogens with one attached hydrogen (secondary N) is 2. The molecule has 3 N–H and O–H groups in total. The highest BCUT2D eigenvalue weighted by atomic mass is 16.5. The van der Waals surface area contributed by atoms with E-state index in [1.54, 1.807) is 18.3 Å². The summed E-state index contributed by atoms with van der Waals surface area (Å²) >= 11 is 0. The Kier molecular flexibility index (Phi) is 7.59. The summed E-state index contributed by atoms with van der Waals surface area (Å²) < 4.78 is 5.87. The fourth-order valence-corrected chi connectivity index (χ4v) is 3.63. The van der Waals surface area contributed by atoms with Gasteiger partial charge in [-0.15, -0.1) is 0 Å². The summed E-state index contributed by atoms with van der Waals surface area (Å²) in [5.74, 6) is 0.373. The Labute approximate surface area is 179 Å². The van der Waals surface area contributed by atoms with E-state index < -0.39 is 0 Å². The number of carboxylic acid groups (broad SMARTS) is 1. The maximum absolute atomic E-state index is 12.2. The molecule has 3 aromatic rings. The minimum atomic E-state index is -0.250. The normalized spacial score (nSPS) is 14.5. The number of aromatic amines is 1. The molecular formula is C24H24N2O5. The van der Waals surface area contributed by atoms with Crippen LogP contribution in [0.5, 0.6) is 5.75 Å². The van der Waals surface area contributed by atoms with E-state index in [2.05, 4.69) is 22.4 Å². The number of fused-ring (bicyclic) bond motifs is 1. The van der Waals surface area contributed by atoms with Crippen LogP contribution in [0.25, 0.3) is 0 Å². The molecule has 7 heteroatoms. The molecule has 160 valence electrons. The Morgan fingerprint density at radius 2 is 1.81 bits per heavy atom. The van der Waals surface area contributed by atoms with E-state index in [1.165, 1.54) is 5.56 Å². The number of aromatic nitrogens is 1. The van der Waals surface area contributed by atoms with Gasteiger partial charge >= 0.3 is 0 Å². The third-order valence-corrected chi connectivity index (χ3v) is 5.01. The van der Waals surface area contributed by atoms with Crippen molar-refractivity contribution in [3.8, 4) is 5.75 Å². The predicted octanol–water partition coefficient (Wildman–Crippen LogP) is 3.56. The number of carbonyl (C=O) groups is 2. The first-order valence-electron chi connectivity index (χ1n) is 9.98. The van der Waals surface area contributed by atoms with Crippen molar-refractivity contribution in [2.24, 2.45) is 0 Å². The summed E-state index contributed by atoms with van der Waals surface area (Å²) in [5.41, 5.74) is 3.39. The maximum Gasteiger partial charge on any atom is 0.290 e. The van der Waals surface area contributed by atoms with Crippen LogP contribution >= 0.6 is 0 Å². The summed E-state index contributed by atoms with van der Waals surface area (Å²) in [6, 6.07) is 19.6. The molecule has 1 unspecified atom stereocenters. The first-order valence-corrected chi connectivity index (χ1v) is 9.98. The lowest BCUT2D eigenvalue weighted by Crippen LogP contribution is -2.27. The zero-order chi connectivity index (χ0) is 22.1. The zero-order valence-corrected chi connectivity index (χ0v) is 16.9. The molecule has 0 bridgehead atoms. The van der Waals surface area contributed by atoms with Crippen molar-refractivity contribution in [1.82, 2.24) is 4.98 Å². The Balaban J connectivity index is 0.000000858. The van der Waals surface area contributed by atoms with Crippen molar-refractivity contribution in [3.05, 3.63) is 93.9 Å². The van der Waals surface area contributed by atoms with Crippen LogP contribution in [0.2, 0.25) is 0 Å². The summed E-state index contributed by atoms with van der Waals surface area (Å²) in [4.78, 5) is 35.4. The van der Waals surface area contributed by atoms with Gasteiger partial charge in [0.2, 0.25) is 5.91 Å². The minimum absolute atomic E-state index is 0.0954. The van der Waals surface area contributed by atoms with Gasteiger partial charge in [-0.1, -0.05) is 42.5 Å². The first kappa shape index (κ1) is 21.8. The number of ether oxygens (including phenoxy) is 1. The van der Waals surface area contributed by atoms with Gasteiger partial charge in [0.05, 0.1) is 6.61 Å². The highest BCUT2D eigenvalue weighted by Crippen LogP contribution is 2.37. The monoisotopic (exact) mass is 420 g/mol. The molecular weight excluding hydrogens is 396 g/mol. The van der Waals surface area contributed by atoms with Crippen LogP contribution in [0, 0.1) is 0 Å². The summed E-state index contributed by atoms with van der Waals surface area (Å²) in [6.45, 7) is 0.351. The second kappa shape index (κ2) is 10.8. The second-order valence-corrected chi connectivity index (χ2v) is 7.05. The van der Waals surface area contributed by atoms with Gasteiger partial charge in [0.25, 0.3) is 12.0 Å². The number of pyridine rings is 1. The topological polar surface area (TPSA) is 108 Å². The number of amides is 1. The molecule has 4 rings (SSSR count). The van der Waals surface area contributed by atoms with Crippen molar-refractivity contribution in [2.75, 3.05) is 11.9 Å². The molecule has 0 saturated carbocycles. The van der Waals surface area contributed by atoms with Crippen molar-refractivity contribution < 1.29 is 19.4 Å². The van der Waals surface area contributed by atoms with E-state index >= 15 is 0 Å². The smallest absolute Gasteiger partial charge is 0.290 e. The molecule has 7 nitrogen and oxygen atoms in total. The highest BCUT2D eigenvalue weighted by Gasteiger charge is 2.28. The van der Waals surface area contributed by atoms with Crippen LogP contribution in [0.4, 0.5) is 5.69 Å². The van der Waals surface area contributed by atoms with Gasteiger partial charge in [-0.25, -0.2) is 0 Å². The van der Waals surface area contributed by atoms with Crippen LogP contribution in [-0.2, 0) is 16.0 Å². The lowest BCUT2D eigenvalue weighted by Gasteiger charge is -2.26. The predicted molar refractivity (Wildman–Crippen MR) is 118 cm³/mol. The van der Waals surface area contributed by atoms with E-state index in [1.807, 2.05) is 36.4 Å². The fourth-order valence-electron chi connectivity index (χ4n) is 3.63.